The van der Waals surface area contributed by atoms with E-state index >= 15 is 0 Å². The van der Waals surface area contributed by atoms with Gasteiger partial charge in [0.05, 0.1) is 12.0 Å². The maximum atomic E-state index is 14.2. The van der Waals surface area contributed by atoms with Gasteiger partial charge in [-0.15, -0.1) is 0 Å². The molecule has 0 saturated heterocycles. The average molecular weight is 349 g/mol. The van der Waals surface area contributed by atoms with Crippen molar-refractivity contribution in [3.05, 3.63) is 55.0 Å². The van der Waals surface area contributed by atoms with Crippen LogP contribution in [0.2, 0.25) is 0 Å². The largest absolute Gasteiger partial charge is 0.334 e. The standard InChI is InChI=1S/C15H16FN5O2S/c1-11(2)20-9-14(17-10-20)24(22,23)19-15-12(16)5-3-6-13(15)21-8-4-7-18-21/h3-11,19H,1-2H3. The number of anilines is 1. The number of hydrogen-bond donors (Lipinski definition) is 1. The SMILES string of the molecule is CC(C)n1cnc(S(=O)(=O)Nc2c(F)cccc2-n2cccn2)c1. The van der Waals surface area contributed by atoms with Crippen molar-refractivity contribution >= 4 is 15.7 Å². The molecule has 3 aromatic rings. The first kappa shape index (κ1) is 16.2. The Kier molecular flexibility index (Phi) is 4.10. The van der Waals surface area contributed by atoms with Crippen molar-refractivity contribution in [2.75, 3.05) is 4.72 Å². The van der Waals surface area contributed by atoms with Crippen molar-refractivity contribution in [2.45, 2.75) is 24.9 Å². The fourth-order valence-corrected chi connectivity index (χ4v) is 3.16. The highest BCUT2D eigenvalue weighted by atomic mass is 32.2. The molecule has 0 aliphatic heterocycles. The van der Waals surface area contributed by atoms with E-state index < -0.39 is 15.8 Å². The van der Waals surface area contributed by atoms with Gasteiger partial charge in [0.1, 0.15) is 11.5 Å². The number of imidazole rings is 1. The average Bonchev–Trinajstić information content (AvgIpc) is 3.20. The third-order valence-corrected chi connectivity index (χ3v) is 4.66. The lowest BCUT2D eigenvalue weighted by Crippen LogP contribution is -2.16. The highest BCUT2D eigenvalue weighted by Crippen LogP contribution is 2.26. The number of benzene rings is 1. The van der Waals surface area contributed by atoms with Crippen molar-refractivity contribution in [1.29, 1.82) is 0 Å². The molecule has 2 aromatic heterocycles. The molecule has 126 valence electrons. The maximum Gasteiger partial charge on any atom is 0.281 e. The van der Waals surface area contributed by atoms with Crippen LogP contribution in [0.15, 0.2) is 54.2 Å². The van der Waals surface area contributed by atoms with Crippen LogP contribution in [-0.2, 0) is 10.0 Å². The minimum Gasteiger partial charge on any atom is -0.334 e. The monoisotopic (exact) mass is 349 g/mol. The normalized spacial score (nSPS) is 11.8. The first-order valence-corrected chi connectivity index (χ1v) is 8.71. The van der Waals surface area contributed by atoms with Gasteiger partial charge in [-0.25, -0.2) is 14.1 Å². The molecule has 0 spiro atoms. The van der Waals surface area contributed by atoms with Crippen LogP contribution < -0.4 is 4.72 Å². The Balaban J connectivity index is 2.01. The van der Waals surface area contributed by atoms with Gasteiger partial charge in [-0.05, 0) is 32.0 Å². The molecule has 0 fully saturated rings. The van der Waals surface area contributed by atoms with E-state index in [1.165, 1.54) is 35.5 Å². The maximum absolute atomic E-state index is 14.2. The number of halogens is 1. The van der Waals surface area contributed by atoms with Crippen LogP contribution in [0.3, 0.4) is 0 Å². The van der Waals surface area contributed by atoms with Crippen LogP contribution in [0.5, 0.6) is 0 Å². The molecule has 1 aromatic carbocycles. The van der Waals surface area contributed by atoms with E-state index in [9.17, 15) is 12.8 Å². The summed E-state index contributed by atoms with van der Waals surface area (Å²) >= 11 is 0. The molecule has 0 amide bonds. The topological polar surface area (TPSA) is 81.8 Å². The van der Waals surface area contributed by atoms with Crippen LogP contribution in [0, 0.1) is 5.82 Å². The van der Waals surface area contributed by atoms with E-state index in [0.717, 1.165) is 0 Å². The minimum atomic E-state index is -4.03. The van der Waals surface area contributed by atoms with Crippen molar-refractivity contribution in [3.8, 4) is 5.69 Å². The Labute approximate surface area is 138 Å². The highest BCUT2D eigenvalue weighted by Gasteiger charge is 2.22. The summed E-state index contributed by atoms with van der Waals surface area (Å²) in [5.41, 5.74) is 0.104. The second-order valence-electron chi connectivity index (χ2n) is 5.44. The Morgan fingerprint density at radius 1 is 1.25 bits per heavy atom. The van der Waals surface area contributed by atoms with Crippen molar-refractivity contribution < 1.29 is 12.8 Å². The van der Waals surface area contributed by atoms with Gasteiger partial charge in [-0.1, -0.05) is 6.07 Å². The molecule has 7 nitrogen and oxygen atoms in total. The lowest BCUT2D eigenvalue weighted by Gasteiger charge is -2.12. The van der Waals surface area contributed by atoms with Gasteiger partial charge in [0, 0.05) is 24.6 Å². The zero-order chi connectivity index (χ0) is 17.3. The predicted molar refractivity (Wildman–Crippen MR) is 86.9 cm³/mol. The summed E-state index contributed by atoms with van der Waals surface area (Å²) in [6.07, 6.45) is 5.95. The molecule has 2 heterocycles. The van der Waals surface area contributed by atoms with Crippen LogP contribution in [0.1, 0.15) is 19.9 Å². The number of aromatic nitrogens is 4. The molecular weight excluding hydrogens is 333 g/mol. The summed E-state index contributed by atoms with van der Waals surface area (Å²) in [5.74, 6) is -0.699. The Morgan fingerprint density at radius 2 is 2.04 bits per heavy atom. The predicted octanol–water partition coefficient (Wildman–Crippen LogP) is 2.59. The molecule has 0 unspecified atom stereocenters. The lowest BCUT2D eigenvalue weighted by molar-refractivity contribution is 0.590. The zero-order valence-corrected chi connectivity index (χ0v) is 13.9. The molecule has 1 N–H and O–H groups in total. The number of para-hydroxylation sites is 1. The summed E-state index contributed by atoms with van der Waals surface area (Å²) in [4.78, 5) is 3.89. The smallest absolute Gasteiger partial charge is 0.281 e. The van der Waals surface area contributed by atoms with Gasteiger partial charge < -0.3 is 4.57 Å². The number of hydrogen-bond acceptors (Lipinski definition) is 4. The molecule has 0 aliphatic rings. The van der Waals surface area contributed by atoms with Crippen LogP contribution >= 0.6 is 0 Å². The van der Waals surface area contributed by atoms with Crippen molar-refractivity contribution in [2.24, 2.45) is 0 Å². The van der Waals surface area contributed by atoms with Gasteiger partial charge >= 0.3 is 0 Å². The number of nitrogens with zero attached hydrogens (tertiary/aromatic N) is 4. The third-order valence-electron chi connectivity index (χ3n) is 3.43. The van der Waals surface area contributed by atoms with E-state index in [1.807, 2.05) is 13.8 Å². The Morgan fingerprint density at radius 3 is 2.67 bits per heavy atom. The minimum absolute atomic E-state index is 0.0644. The van der Waals surface area contributed by atoms with E-state index in [0.29, 0.717) is 0 Å². The van der Waals surface area contributed by atoms with Crippen molar-refractivity contribution in [1.82, 2.24) is 19.3 Å². The number of rotatable bonds is 5. The molecule has 0 aliphatic carbocycles. The van der Waals surface area contributed by atoms with Crippen LogP contribution in [-0.4, -0.2) is 27.7 Å². The van der Waals surface area contributed by atoms with E-state index in [1.54, 1.807) is 22.9 Å². The Hall–Kier alpha value is -2.68. The number of nitrogens with one attached hydrogen (secondary N) is 1. The summed E-state index contributed by atoms with van der Waals surface area (Å²) in [6, 6.07) is 5.96. The first-order valence-electron chi connectivity index (χ1n) is 7.23. The fourth-order valence-electron chi connectivity index (χ4n) is 2.14. The molecular formula is C15H16FN5O2S. The second kappa shape index (κ2) is 6.08. The zero-order valence-electron chi connectivity index (χ0n) is 13.1. The molecule has 24 heavy (non-hydrogen) atoms. The van der Waals surface area contributed by atoms with E-state index in [-0.39, 0.29) is 22.4 Å². The molecule has 0 radical (unpaired) electrons. The summed E-state index contributed by atoms with van der Waals surface area (Å²) in [6.45, 7) is 3.80. The van der Waals surface area contributed by atoms with E-state index in [2.05, 4.69) is 14.8 Å². The fraction of sp³-hybridized carbons (Fsp3) is 0.200. The third kappa shape index (κ3) is 3.02. The van der Waals surface area contributed by atoms with Crippen molar-refractivity contribution in [3.63, 3.8) is 0 Å². The van der Waals surface area contributed by atoms with Gasteiger partial charge in [0.15, 0.2) is 5.03 Å². The molecule has 0 bridgehead atoms. The van der Waals surface area contributed by atoms with Crippen LogP contribution in [0.25, 0.3) is 5.69 Å². The highest BCUT2D eigenvalue weighted by molar-refractivity contribution is 7.92. The molecule has 0 saturated carbocycles. The second-order valence-corrected chi connectivity index (χ2v) is 7.07. The van der Waals surface area contributed by atoms with Gasteiger partial charge in [-0.2, -0.15) is 13.5 Å². The Bertz CT molecular complexity index is 948. The lowest BCUT2D eigenvalue weighted by atomic mass is 10.2. The quantitative estimate of drug-likeness (QED) is 0.767. The van der Waals surface area contributed by atoms with Gasteiger partial charge in [0.2, 0.25) is 0 Å². The van der Waals surface area contributed by atoms with E-state index in [4.69, 9.17) is 0 Å². The number of sulfonamides is 1. The summed E-state index contributed by atoms with van der Waals surface area (Å²) < 4.78 is 44.6. The molecule has 0 atom stereocenters. The van der Waals surface area contributed by atoms with Crippen LogP contribution in [0.4, 0.5) is 10.1 Å². The molecule has 3 rings (SSSR count). The summed E-state index contributed by atoms with van der Waals surface area (Å²) in [7, 11) is -4.03. The molecule has 9 heteroatoms. The first-order chi connectivity index (χ1) is 11.4. The van der Waals surface area contributed by atoms with Gasteiger partial charge in [0.25, 0.3) is 10.0 Å². The van der Waals surface area contributed by atoms with Gasteiger partial charge in [-0.3, -0.25) is 4.72 Å². The summed E-state index contributed by atoms with van der Waals surface area (Å²) in [5, 5.41) is 3.84.